The van der Waals surface area contributed by atoms with E-state index in [4.69, 9.17) is 46.4 Å². The maximum atomic E-state index is 12.7. The van der Waals surface area contributed by atoms with Crippen molar-refractivity contribution in [3.8, 4) is 11.3 Å². The highest BCUT2D eigenvalue weighted by Crippen LogP contribution is 2.37. The van der Waals surface area contributed by atoms with Gasteiger partial charge in [0.1, 0.15) is 5.92 Å². The van der Waals surface area contributed by atoms with Crippen LogP contribution in [0.25, 0.3) is 11.3 Å². The predicted octanol–water partition coefficient (Wildman–Crippen LogP) is 6.24. The molecule has 0 spiro atoms. The lowest BCUT2D eigenvalue weighted by molar-refractivity contribution is -0.121. The number of hydrogen-bond donors (Lipinski definition) is 1. The van der Waals surface area contributed by atoms with Crippen LogP contribution in [0.15, 0.2) is 54.6 Å². The van der Waals surface area contributed by atoms with Crippen LogP contribution in [0.1, 0.15) is 17.2 Å². The van der Waals surface area contributed by atoms with Gasteiger partial charge >= 0.3 is 0 Å². The number of carbonyl (C=O) groups is 1. The van der Waals surface area contributed by atoms with Crippen molar-refractivity contribution in [2.75, 3.05) is 7.05 Å². The highest BCUT2D eigenvalue weighted by molar-refractivity contribution is 6.43. The number of carbonyl (C=O) groups excluding carboxylic acids is 1. The fourth-order valence-corrected chi connectivity index (χ4v) is 3.82. The minimum Gasteiger partial charge on any atom is -0.358 e. The second-order valence-corrected chi connectivity index (χ2v) is 7.33. The van der Waals surface area contributed by atoms with E-state index in [9.17, 15) is 4.79 Å². The van der Waals surface area contributed by atoms with Crippen molar-refractivity contribution in [3.05, 3.63) is 85.9 Å². The minimum atomic E-state index is -0.769. The molecule has 0 aliphatic carbocycles. The lowest BCUT2D eigenvalue weighted by atomic mass is 9.93. The van der Waals surface area contributed by atoms with Crippen molar-refractivity contribution in [1.29, 1.82) is 0 Å². The number of benzene rings is 2. The Hall–Kier alpha value is -1.78. The fraction of sp³-hybridized carbons (Fsp3) is 0.100. The molecule has 0 fully saturated rings. The molecule has 0 radical (unpaired) electrons. The average Bonchev–Trinajstić information content (AvgIpc) is 2.66. The molecule has 7 heteroatoms. The Morgan fingerprint density at radius 1 is 0.889 bits per heavy atom. The molecule has 0 saturated heterocycles. The Bertz CT molecular complexity index is 987. The summed E-state index contributed by atoms with van der Waals surface area (Å²) in [5, 5.41) is 4.27. The highest BCUT2D eigenvalue weighted by atomic mass is 35.5. The Morgan fingerprint density at radius 2 is 1.48 bits per heavy atom. The van der Waals surface area contributed by atoms with Gasteiger partial charge in [0.05, 0.1) is 21.4 Å². The standard InChI is InChI=1S/C20H14Cl4N2O/c1-25-20(27)18(17-12(21)6-3-7-13(17)22)16-10-4-9-15(26-16)11-5-2-8-14(23)19(11)24/h2-10,18H,1H3,(H,25,27). The van der Waals surface area contributed by atoms with Gasteiger partial charge in [0, 0.05) is 28.2 Å². The number of nitrogens with zero attached hydrogens (tertiary/aromatic N) is 1. The summed E-state index contributed by atoms with van der Waals surface area (Å²) in [5.41, 5.74) is 2.27. The van der Waals surface area contributed by atoms with Crippen LogP contribution in [-0.2, 0) is 4.79 Å². The zero-order valence-corrected chi connectivity index (χ0v) is 17.2. The molecule has 1 aromatic heterocycles. The molecule has 1 amide bonds. The molecule has 138 valence electrons. The Balaban J connectivity index is 2.18. The quantitative estimate of drug-likeness (QED) is 0.522. The molecule has 1 unspecified atom stereocenters. The van der Waals surface area contributed by atoms with E-state index in [0.717, 1.165) is 0 Å². The molecule has 0 aliphatic rings. The summed E-state index contributed by atoms with van der Waals surface area (Å²) >= 11 is 25.1. The van der Waals surface area contributed by atoms with Crippen molar-refractivity contribution >= 4 is 52.3 Å². The summed E-state index contributed by atoms with van der Waals surface area (Å²) in [4.78, 5) is 17.3. The van der Waals surface area contributed by atoms with Crippen LogP contribution in [0.3, 0.4) is 0 Å². The first-order chi connectivity index (χ1) is 12.9. The third-order valence-corrected chi connectivity index (χ3v) is 5.57. The Labute approximate surface area is 177 Å². The van der Waals surface area contributed by atoms with Crippen LogP contribution in [0.2, 0.25) is 20.1 Å². The van der Waals surface area contributed by atoms with Gasteiger partial charge in [0.15, 0.2) is 0 Å². The van der Waals surface area contributed by atoms with Crippen molar-refractivity contribution in [3.63, 3.8) is 0 Å². The summed E-state index contributed by atoms with van der Waals surface area (Å²) in [6.07, 6.45) is 0. The summed E-state index contributed by atoms with van der Waals surface area (Å²) < 4.78 is 0. The van der Waals surface area contributed by atoms with Crippen molar-refractivity contribution < 1.29 is 4.79 Å². The Kier molecular flexibility index (Phi) is 6.28. The van der Waals surface area contributed by atoms with E-state index < -0.39 is 5.92 Å². The lowest BCUT2D eigenvalue weighted by Gasteiger charge is -2.19. The topological polar surface area (TPSA) is 42.0 Å². The van der Waals surface area contributed by atoms with Gasteiger partial charge in [-0.2, -0.15) is 0 Å². The van der Waals surface area contributed by atoms with Gasteiger partial charge in [-0.05, 0) is 30.3 Å². The van der Waals surface area contributed by atoms with E-state index >= 15 is 0 Å². The van der Waals surface area contributed by atoms with Crippen LogP contribution in [-0.4, -0.2) is 17.9 Å². The molecule has 0 bridgehead atoms. The first-order valence-electron chi connectivity index (χ1n) is 8.01. The maximum Gasteiger partial charge on any atom is 0.233 e. The smallest absolute Gasteiger partial charge is 0.233 e. The number of rotatable bonds is 4. The second kappa shape index (κ2) is 8.49. The van der Waals surface area contributed by atoms with Crippen molar-refractivity contribution in [2.24, 2.45) is 0 Å². The number of likely N-dealkylation sites (N-methyl/N-ethyl adjacent to an activating group) is 1. The molecule has 1 N–H and O–H groups in total. The highest BCUT2D eigenvalue weighted by Gasteiger charge is 2.28. The molecule has 3 aromatic rings. The molecule has 1 atom stereocenters. The third kappa shape index (κ3) is 4.07. The van der Waals surface area contributed by atoms with E-state index in [1.807, 2.05) is 6.07 Å². The van der Waals surface area contributed by atoms with E-state index in [2.05, 4.69) is 10.3 Å². The van der Waals surface area contributed by atoms with Crippen LogP contribution in [0.4, 0.5) is 0 Å². The number of amides is 1. The van der Waals surface area contributed by atoms with Gasteiger partial charge in [0.25, 0.3) is 0 Å². The van der Waals surface area contributed by atoms with Crippen LogP contribution in [0.5, 0.6) is 0 Å². The number of hydrogen-bond acceptors (Lipinski definition) is 2. The number of nitrogens with one attached hydrogen (secondary N) is 1. The van der Waals surface area contributed by atoms with Gasteiger partial charge in [0.2, 0.25) is 5.91 Å². The molecule has 2 aromatic carbocycles. The van der Waals surface area contributed by atoms with Gasteiger partial charge in [-0.1, -0.05) is 70.7 Å². The second-order valence-electron chi connectivity index (χ2n) is 5.73. The summed E-state index contributed by atoms with van der Waals surface area (Å²) in [5.74, 6) is -1.04. The minimum absolute atomic E-state index is 0.271. The Morgan fingerprint density at radius 3 is 2.15 bits per heavy atom. The lowest BCUT2D eigenvalue weighted by Crippen LogP contribution is -2.27. The molecular formula is C20H14Cl4N2O. The average molecular weight is 440 g/mol. The van der Waals surface area contributed by atoms with Crippen molar-refractivity contribution in [2.45, 2.75) is 5.92 Å². The first-order valence-corrected chi connectivity index (χ1v) is 9.52. The third-order valence-electron chi connectivity index (χ3n) is 4.09. The monoisotopic (exact) mass is 438 g/mol. The molecular weight excluding hydrogens is 426 g/mol. The first kappa shape index (κ1) is 20.0. The molecule has 3 nitrogen and oxygen atoms in total. The van der Waals surface area contributed by atoms with Crippen LogP contribution >= 0.6 is 46.4 Å². The summed E-state index contributed by atoms with van der Waals surface area (Å²) in [6.45, 7) is 0. The predicted molar refractivity (Wildman–Crippen MR) is 112 cm³/mol. The number of halogens is 4. The van der Waals surface area contributed by atoms with Crippen molar-refractivity contribution in [1.82, 2.24) is 10.3 Å². The molecule has 1 heterocycles. The van der Waals surface area contributed by atoms with E-state index in [0.29, 0.717) is 42.6 Å². The zero-order chi connectivity index (χ0) is 19.6. The van der Waals surface area contributed by atoms with E-state index in [1.54, 1.807) is 55.6 Å². The maximum absolute atomic E-state index is 12.7. The fourth-order valence-electron chi connectivity index (χ4n) is 2.81. The van der Waals surface area contributed by atoms with Gasteiger partial charge in [-0.15, -0.1) is 0 Å². The molecule has 27 heavy (non-hydrogen) atoms. The largest absolute Gasteiger partial charge is 0.358 e. The van der Waals surface area contributed by atoms with Gasteiger partial charge < -0.3 is 5.32 Å². The molecule has 3 rings (SSSR count). The molecule has 0 saturated carbocycles. The van der Waals surface area contributed by atoms with E-state index in [1.165, 1.54) is 0 Å². The van der Waals surface area contributed by atoms with Crippen LogP contribution < -0.4 is 5.32 Å². The normalized spacial score (nSPS) is 11.9. The summed E-state index contributed by atoms with van der Waals surface area (Å²) in [6, 6.07) is 15.8. The molecule has 0 aliphatic heterocycles. The number of pyridine rings is 1. The van der Waals surface area contributed by atoms with E-state index in [-0.39, 0.29) is 5.91 Å². The van der Waals surface area contributed by atoms with Crippen LogP contribution in [0, 0.1) is 0 Å². The zero-order valence-electron chi connectivity index (χ0n) is 14.1. The van der Waals surface area contributed by atoms with Gasteiger partial charge in [-0.3, -0.25) is 9.78 Å². The van der Waals surface area contributed by atoms with Gasteiger partial charge in [-0.25, -0.2) is 0 Å². The SMILES string of the molecule is CNC(=O)C(c1cccc(-c2cccc(Cl)c2Cl)n1)c1c(Cl)cccc1Cl. The summed E-state index contributed by atoms with van der Waals surface area (Å²) in [7, 11) is 1.55. The number of aromatic nitrogens is 1.